The van der Waals surface area contributed by atoms with Gasteiger partial charge in [-0.2, -0.15) is 0 Å². The summed E-state index contributed by atoms with van der Waals surface area (Å²) in [6.07, 6.45) is 2.61. The molecule has 1 saturated heterocycles. The summed E-state index contributed by atoms with van der Waals surface area (Å²) in [5.41, 5.74) is 0.830. The van der Waals surface area contributed by atoms with E-state index in [0.29, 0.717) is 12.0 Å². The van der Waals surface area contributed by atoms with Gasteiger partial charge in [0.1, 0.15) is 11.5 Å². The third-order valence-electron chi connectivity index (χ3n) is 4.49. The monoisotopic (exact) mass is 292 g/mol. The van der Waals surface area contributed by atoms with Crippen molar-refractivity contribution in [1.82, 2.24) is 10.2 Å². The number of rotatable bonds is 6. The maximum Gasteiger partial charge on any atom is 0.124 e. The highest BCUT2D eigenvalue weighted by atomic mass is 16.3. The van der Waals surface area contributed by atoms with E-state index in [1.165, 1.54) is 32.0 Å². The van der Waals surface area contributed by atoms with E-state index >= 15 is 0 Å². The van der Waals surface area contributed by atoms with Gasteiger partial charge in [-0.15, -0.1) is 0 Å². The lowest BCUT2D eigenvalue weighted by Crippen LogP contribution is -2.44. The van der Waals surface area contributed by atoms with Crippen LogP contribution in [0.5, 0.6) is 11.5 Å². The zero-order chi connectivity index (χ0) is 15.4. The van der Waals surface area contributed by atoms with Crippen LogP contribution in [0, 0.1) is 5.92 Å². The lowest BCUT2D eigenvalue weighted by molar-refractivity contribution is 0.182. The van der Waals surface area contributed by atoms with Gasteiger partial charge in [-0.25, -0.2) is 0 Å². The van der Waals surface area contributed by atoms with Gasteiger partial charge < -0.3 is 15.5 Å². The second-order valence-corrected chi connectivity index (χ2v) is 6.43. The highest BCUT2D eigenvalue weighted by Crippen LogP contribution is 2.28. The number of likely N-dealkylation sites (tertiary alicyclic amines) is 1. The summed E-state index contributed by atoms with van der Waals surface area (Å²) in [4.78, 5) is 2.57. The van der Waals surface area contributed by atoms with E-state index in [2.05, 4.69) is 24.1 Å². The van der Waals surface area contributed by atoms with Gasteiger partial charge in [0.25, 0.3) is 0 Å². The van der Waals surface area contributed by atoms with Crippen LogP contribution in [-0.2, 0) is 0 Å². The van der Waals surface area contributed by atoms with Crippen LogP contribution in [0.2, 0.25) is 0 Å². The van der Waals surface area contributed by atoms with Gasteiger partial charge in [0, 0.05) is 30.3 Å². The largest absolute Gasteiger partial charge is 0.508 e. The van der Waals surface area contributed by atoms with Gasteiger partial charge in [-0.3, -0.25) is 4.90 Å². The van der Waals surface area contributed by atoms with Gasteiger partial charge in [-0.1, -0.05) is 19.9 Å². The topological polar surface area (TPSA) is 55.7 Å². The molecule has 0 saturated carbocycles. The summed E-state index contributed by atoms with van der Waals surface area (Å²) < 4.78 is 0. The van der Waals surface area contributed by atoms with Crippen molar-refractivity contribution in [3.8, 4) is 11.5 Å². The predicted octanol–water partition coefficient (Wildman–Crippen LogP) is 2.87. The molecular weight excluding hydrogens is 264 g/mol. The van der Waals surface area contributed by atoms with Crippen molar-refractivity contribution >= 4 is 0 Å². The first-order valence-electron chi connectivity index (χ1n) is 7.98. The van der Waals surface area contributed by atoms with E-state index < -0.39 is 0 Å². The standard InChI is InChI=1S/C17H28N2O2/c1-12(2)16(19-8-4-5-9-19)11-18-13(3)15-7-6-14(20)10-17(15)21/h6-7,10,12-13,16,18,20-21H,4-5,8-9,11H2,1-3H3. The minimum Gasteiger partial charge on any atom is -0.508 e. The smallest absolute Gasteiger partial charge is 0.124 e. The summed E-state index contributed by atoms with van der Waals surface area (Å²) in [6.45, 7) is 9.90. The molecule has 3 N–H and O–H groups in total. The number of phenols is 2. The SMILES string of the molecule is CC(NCC(C(C)C)N1CCCC1)c1ccc(O)cc1O. The highest BCUT2D eigenvalue weighted by molar-refractivity contribution is 5.40. The molecule has 2 atom stereocenters. The number of nitrogens with one attached hydrogen (secondary N) is 1. The molecule has 0 amide bonds. The van der Waals surface area contributed by atoms with Gasteiger partial charge >= 0.3 is 0 Å². The average Bonchev–Trinajstić information content (AvgIpc) is 2.92. The van der Waals surface area contributed by atoms with Crippen molar-refractivity contribution in [2.24, 2.45) is 5.92 Å². The Morgan fingerprint density at radius 1 is 1.14 bits per heavy atom. The average molecular weight is 292 g/mol. The summed E-state index contributed by atoms with van der Waals surface area (Å²) in [7, 11) is 0. The molecule has 1 aliphatic heterocycles. The van der Waals surface area contributed by atoms with Crippen LogP contribution >= 0.6 is 0 Å². The zero-order valence-corrected chi connectivity index (χ0v) is 13.3. The van der Waals surface area contributed by atoms with E-state index in [4.69, 9.17) is 0 Å². The summed E-state index contributed by atoms with van der Waals surface area (Å²) >= 11 is 0. The fourth-order valence-corrected chi connectivity index (χ4v) is 3.17. The van der Waals surface area contributed by atoms with Crippen molar-refractivity contribution in [3.63, 3.8) is 0 Å². The molecule has 0 radical (unpaired) electrons. The second-order valence-electron chi connectivity index (χ2n) is 6.43. The Kier molecular flexibility index (Phi) is 5.48. The van der Waals surface area contributed by atoms with Crippen molar-refractivity contribution in [2.45, 2.75) is 45.7 Å². The number of nitrogens with zero attached hydrogens (tertiary/aromatic N) is 1. The molecule has 2 rings (SSSR count). The molecule has 1 heterocycles. The third kappa shape index (κ3) is 4.11. The molecule has 1 aromatic carbocycles. The maximum absolute atomic E-state index is 9.94. The van der Waals surface area contributed by atoms with Crippen LogP contribution in [0.15, 0.2) is 18.2 Å². The Labute approximate surface area is 127 Å². The molecule has 0 bridgehead atoms. The molecule has 1 fully saturated rings. The highest BCUT2D eigenvalue weighted by Gasteiger charge is 2.25. The Morgan fingerprint density at radius 3 is 2.38 bits per heavy atom. The molecule has 2 unspecified atom stereocenters. The van der Waals surface area contributed by atoms with E-state index in [9.17, 15) is 10.2 Å². The van der Waals surface area contributed by atoms with E-state index in [1.807, 2.05) is 6.92 Å². The molecule has 0 aliphatic carbocycles. The minimum atomic E-state index is 0.0643. The van der Waals surface area contributed by atoms with E-state index in [0.717, 1.165) is 12.1 Å². The molecule has 0 spiro atoms. The first-order valence-corrected chi connectivity index (χ1v) is 7.98. The number of phenolic OH excluding ortho intramolecular Hbond substituents is 2. The molecule has 21 heavy (non-hydrogen) atoms. The normalized spacial score (nSPS) is 19.0. The minimum absolute atomic E-state index is 0.0643. The number of aromatic hydroxyl groups is 2. The van der Waals surface area contributed by atoms with Gasteiger partial charge in [0.15, 0.2) is 0 Å². The quantitative estimate of drug-likeness (QED) is 0.754. The second kappa shape index (κ2) is 7.14. The summed E-state index contributed by atoms with van der Waals surface area (Å²) in [6, 6.07) is 5.40. The molecule has 4 heteroatoms. The van der Waals surface area contributed by atoms with E-state index in [-0.39, 0.29) is 17.5 Å². The molecule has 1 aromatic rings. The van der Waals surface area contributed by atoms with Gasteiger partial charge in [0.2, 0.25) is 0 Å². The van der Waals surface area contributed by atoms with Gasteiger partial charge in [0.05, 0.1) is 0 Å². The Balaban J connectivity index is 1.96. The summed E-state index contributed by atoms with van der Waals surface area (Å²) in [5, 5.41) is 22.8. The maximum atomic E-state index is 9.94. The van der Waals surface area contributed by atoms with Crippen molar-refractivity contribution in [2.75, 3.05) is 19.6 Å². The van der Waals surface area contributed by atoms with Crippen LogP contribution in [0.4, 0.5) is 0 Å². The van der Waals surface area contributed by atoms with Crippen molar-refractivity contribution < 1.29 is 10.2 Å². The number of hydrogen-bond acceptors (Lipinski definition) is 4. The summed E-state index contributed by atoms with van der Waals surface area (Å²) in [5.74, 6) is 0.856. The molecule has 4 nitrogen and oxygen atoms in total. The van der Waals surface area contributed by atoms with Crippen molar-refractivity contribution in [1.29, 1.82) is 0 Å². The predicted molar refractivity (Wildman–Crippen MR) is 85.6 cm³/mol. The Bertz CT molecular complexity index is 456. The molecule has 0 aromatic heterocycles. The third-order valence-corrected chi connectivity index (χ3v) is 4.49. The fourth-order valence-electron chi connectivity index (χ4n) is 3.17. The van der Waals surface area contributed by atoms with Crippen molar-refractivity contribution in [3.05, 3.63) is 23.8 Å². The zero-order valence-electron chi connectivity index (χ0n) is 13.3. The van der Waals surface area contributed by atoms with E-state index in [1.54, 1.807) is 12.1 Å². The fraction of sp³-hybridized carbons (Fsp3) is 0.647. The van der Waals surface area contributed by atoms with Crippen LogP contribution in [0.3, 0.4) is 0 Å². The lowest BCUT2D eigenvalue weighted by atomic mass is 10.0. The molecule has 1 aliphatic rings. The number of hydrogen-bond donors (Lipinski definition) is 3. The first kappa shape index (κ1) is 16.1. The van der Waals surface area contributed by atoms with Crippen LogP contribution < -0.4 is 5.32 Å². The van der Waals surface area contributed by atoms with Gasteiger partial charge in [-0.05, 0) is 44.8 Å². The Morgan fingerprint density at radius 2 is 1.81 bits per heavy atom. The molecular formula is C17H28N2O2. The number of benzene rings is 1. The molecule has 118 valence electrons. The van der Waals surface area contributed by atoms with Crippen LogP contribution in [0.1, 0.15) is 45.2 Å². The van der Waals surface area contributed by atoms with Crippen LogP contribution in [0.25, 0.3) is 0 Å². The Hall–Kier alpha value is -1.26. The first-order chi connectivity index (χ1) is 9.99. The lowest BCUT2D eigenvalue weighted by Gasteiger charge is -2.32. The van der Waals surface area contributed by atoms with Crippen LogP contribution in [-0.4, -0.2) is 40.8 Å².